The summed E-state index contributed by atoms with van der Waals surface area (Å²) in [5, 5.41) is 0.148. The highest BCUT2D eigenvalue weighted by molar-refractivity contribution is 6.74. The molecule has 0 saturated carbocycles. The summed E-state index contributed by atoms with van der Waals surface area (Å²) < 4.78 is 21.8. The quantitative estimate of drug-likeness (QED) is 0.597. The van der Waals surface area contributed by atoms with Crippen LogP contribution in [0, 0.1) is 12.8 Å². The summed E-state index contributed by atoms with van der Waals surface area (Å²) in [4.78, 5) is 27.5. The van der Waals surface area contributed by atoms with Gasteiger partial charge in [-0.3, -0.25) is 14.3 Å². The van der Waals surface area contributed by atoms with Crippen molar-refractivity contribution in [2.45, 2.75) is 116 Å². The Balaban J connectivity index is 1.99. The summed E-state index contributed by atoms with van der Waals surface area (Å²) in [6.45, 7) is 24.6. The van der Waals surface area contributed by atoms with Crippen molar-refractivity contribution in [1.29, 1.82) is 0 Å². The van der Waals surface area contributed by atoms with Gasteiger partial charge < -0.3 is 13.6 Å². The van der Waals surface area contributed by atoms with Crippen LogP contribution in [0.1, 0.15) is 65.4 Å². The maximum atomic E-state index is 12.9. The van der Waals surface area contributed by atoms with E-state index in [0.717, 1.165) is 12.1 Å². The molecular formula is C24H44N2O5Si2. The lowest BCUT2D eigenvalue weighted by Crippen LogP contribution is -2.50. The first kappa shape index (κ1) is 26.6. The van der Waals surface area contributed by atoms with Crippen LogP contribution >= 0.6 is 0 Å². The van der Waals surface area contributed by atoms with E-state index in [0.29, 0.717) is 18.6 Å². The Labute approximate surface area is 200 Å². The fraction of sp³-hybridized carbons (Fsp3) is 0.833. The van der Waals surface area contributed by atoms with Crippen LogP contribution in [0.4, 0.5) is 0 Å². The van der Waals surface area contributed by atoms with E-state index in [1.807, 2.05) is 0 Å². The molecule has 0 unspecified atom stereocenters. The Morgan fingerprint density at radius 1 is 1.03 bits per heavy atom. The van der Waals surface area contributed by atoms with Crippen LogP contribution in [0.15, 0.2) is 9.59 Å². The fourth-order valence-electron chi connectivity index (χ4n) is 4.24. The maximum absolute atomic E-state index is 12.9. The van der Waals surface area contributed by atoms with Gasteiger partial charge in [0.15, 0.2) is 16.6 Å². The Hall–Kier alpha value is -1.01. The molecule has 1 aromatic rings. The number of aromatic nitrogens is 2. The van der Waals surface area contributed by atoms with Gasteiger partial charge in [0, 0.05) is 17.2 Å². The van der Waals surface area contributed by atoms with Crippen molar-refractivity contribution in [3.05, 3.63) is 32.1 Å². The molecule has 1 N–H and O–H groups in total. The van der Waals surface area contributed by atoms with Crippen LogP contribution < -0.4 is 11.2 Å². The third-order valence-corrected chi connectivity index (χ3v) is 17.6. The molecule has 1 fully saturated rings. The molecule has 2 aliphatic heterocycles. The standard InChI is InChI=1S/C24H44N2O5Si2/c1-15-17-13-12-16-19(31-33(10,11)24(5,6)7)18(14-29-32(8,9)23(2,3)4)30-21(16)26(17)22(28)25-20(15)27/h16,18-19,21H,12-14H2,1-11H3,(H,25,27,28)/t16-,18+,19-,21+/m0/s1. The number of ether oxygens (including phenoxy) is 1. The van der Waals surface area contributed by atoms with Gasteiger partial charge in [-0.25, -0.2) is 4.79 Å². The summed E-state index contributed by atoms with van der Waals surface area (Å²) >= 11 is 0. The average molecular weight is 497 g/mol. The number of aromatic amines is 1. The second-order valence-electron chi connectivity index (χ2n) is 12.9. The predicted molar refractivity (Wildman–Crippen MR) is 137 cm³/mol. The van der Waals surface area contributed by atoms with E-state index < -0.39 is 28.6 Å². The molecule has 0 aliphatic carbocycles. The van der Waals surface area contributed by atoms with Gasteiger partial charge in [0.1, 0.15) is 12.3 Å². The van der Waals surface area contributed by atoms with Gasteiger partial charge >= 0.3 is 5.69 Å². The number of nitrogens with zero attached hydrogens (tertiary/aromatic N) is 1. The first-order valence-corrected chi connectivity index (χ1v) is 18.0. The summed E-state index contributed by atoms with van der Waals surface area (Å²) in [6.07, 6.45) is 0.647. The lowest BCUT2D eigenvalue weighted by molar-refractivity contribution is -0.0481. The SMILES string of the molecule is Cc1c2n(c(=O)[nH]c1=O)[C@@H]1O[C@H](CO[Si](C)(C)C(C)(C)C)[C@@H](O[Si](C)(C)C(C)(C)C)[C@@H]1CC2. The molecular weight excluding hydrogens is 452 g/mol. The molecule has 0 spiro atoms. The Bertz CT molecular complexity index is 1000. The largest absolute Gasteiger partial charge is 0.414 e. The third kappa shape index (κ3) is 4.89. The Kier molecular flexibility index (Phi) is 6.92. The van der Waals surface area contributed by atoms with Gasteiger partial charge in [-0.05, 0) is 56.0 Å². The highest BCUT2D eigenvalue weighted by atomic mass is 28.4. The number of hydrogen-bond acceptors (Lipinski definition) is 5. The molecule has 0 bridgehead atoms. The van der Waals surface area contributed by atoms with Gasteiger partial charge in [-0.15, -0.1) is 0 Å². The summed E-state index contributed by atoms with van der Waals surface area (Å²) in [5.41, 5.74) is 0.670. The van der Waals surface area contributed by atoms with E-state index in [9.17, 15) is 9.59 Å². The number of rotatable bonds is 5. The number of fused-ring (bicyclic) bond motifs is 3. The van der Waals surface area contributed by atoms with Crippen LogP contribution in [-0.2, 0) is 20.0 Å². The average Bonchev–Trinajstić information content (AvgIpc) is 2.99. The first-order valence-electron chi connectivity index (χ1n) is 12.2. The molecule has 0 radical (unpaired) electrons. The van der Waals surface area contributed by atoms with Crippen molar-refractivity contribution in [1.82, 2.24) is 9.55 Å². The molecule has 3 heterocycles. The lowest BCUT2D eigenvalue weighted by atomic mass is 9.89. The molecule has 9 heteroatoms. The fourth-order valence-corrected chi connectivity index (χ4v) is 6.62. The minimum atomic E-state index is -2.09. The van der Waals surface area contributed by atoms with E-state index in [2.05, 4.69) is 72.7 Å². The minimum Gasteiger partial charge on any atom is -0.414 e. The van der Waals surface area contributed by atoms with E-state index >= 15 is 0 Å². The number of H-pyrrole nitrogens is 1. The molecule has 2 aliphatic rings. The van der Waals surface area contributed by atoms with E-state index in [1.54, 1.807) is 11.5 Å². The molecule has 0 aromatic carbocycles. The number of hydrogen-bond donors (Lipinski definition) is 1. The first-order chi connectivity index (χ1) is 14.9. The van der Waals surface area contributed by atoms with Gasteiger partial charge in [0.25, 0.3) is 5.56 Å². The van der Waals surface area contributed by atoms with E-state index in [4.69, 9.17) is 13.6 Å². The highest BCUT2D eigenvalue weighted by Crippen LogP contribution is 2.47. The Morgan fingerprint density at radius 2 is 1.61 bits per heavy atom. The van der Waals surface area contributed by atoms with Gasteiger partial charge in [-0.1, -0.05) is 41.5 Å². The monoisotopic (exact) mass is 496 g/mol. The molecule has 1 aromatic heterocycles. The lowest BCUT2D eigenvalue weighted by Gasteiger charge is -2.42. The van der Waals surface area contributed by atoms with Crippen LogP contribution in [0.5, 0.6) is 0 Å². The third-order valence-electron chi connectivity index (χ3n) is 8.59. The van der Waals surface area contributed by atoms with Crippen LogP contribution in [-0.4, -0.2) is 45.0 Å². The van der Waals surface area contributed by atoms with Crippen LogP contribution in [0.3, 0.4) is 0 Å². The van der Waals surface area contributed by atoms with Crippen molar-refractivity contribution in [3.8, 4) is 0 Å². The normalized spacial score (nSPS) is 26.3. The summed E-state index contributed by atoms with van der Waals surface area (Å²) in [5.74, 6) is 0.0441. The van der Waals surface area contributed by atoms with Gasteiger partial charge in [-0.2, -0.15) is 0 Å². The van der Waals surface area contributed by atoms with Crippen molar-refractivity contribution in [3.63, 3.8) is 0 Å². The Morgan fingerprint density at radius 3 is 2.15 bits per heavy atom. The molecule has 3 rings (SSSR count). The van der Waals surface area contributed by atoms with Crippen molar-refractivity contribution in [2.24, 2.45) is 5.92 Å². The smallest absolute Gasteiger partial charge is 0.330 e. The zero-order valence-corrected chi connectivity index (χ0v) is 24.4. The van der Waals surface area contributed by atoms with E-state index in [-0.39, 0.29) is 33.8 Å². The molecule has 33 heavy (non-hydrogen) atoms. The maximum Gasteiger partial charge on any atom is 0.330 e. The number of nitrogens with one attached hydrogen (secondary N) is 1. The van der Waals surface area contributed by atoms with E-state index in [1.165, 1.54) is 0 Å². The van der Waals surface area contributed by atoms with Crippen molar-refractivity contribution in [2.75, 3.05) is 6.61 Å². The van der Waals surface area contributed by atoms with Gasteiger partial charge in [0.2, 0.25) is 0 Å². The molecule has 7 nitrogen and oxygen atoms in total. The topological polar surface area (TPSA) is 82.6 Å². The second-order valence-corrected chi connectivity index (χ2v) is 22.4. The van der Waals surface area contributed by atoms with Gasteiger partial charge in [0.05, 0.1) is 12.7 Å². The second kappa shape index (κ2) is 8.58. The van der Waals surface area contributed by atoms with Crippen LogP contribution in [0.25, 0.3) is 0 Å². The zero-order chi connectivity index (χ0) is 25.1. The van der Waals surface area contributed by atoms with Crippen molar-refractivity contribution >= 4 is 16.6 Å². The minimum absolute atomic E-state index is 0.0441. The summed E-state index contributed by atoms with van der Waals surface area (Å²) in [6, 6.07) is 0. The van der Waals surface area contributed by atoms with Crippen molar-refractivity contribution < 1.29 is 13.6 Å². The molecule has 0 amide bonds. The highest BCUT2D eigenvalue weighted by Gasteiger charge is 2.53. The molecule has 4 atom stereocenters. The predicted octanol–water partition coefficient (Wildman–Crippen LogP) is 4.72. The van der Waals surface area contributed by atoms with Crippen LogP contribution in [0.2, 0.25) is 36.3 Å². The zero-order valence-electron chi connectivity index (χ0n) is 22.4. The molecule has 1 saturated heterocycles. The summed E-state index contributed by atoms with van der Waals surface area (Å²) in [7, 11) is -4.08. The molecule has 188 valence electrons.